The van der Waals surface area contributed by atoms with Gasteiger partial charge >= 0.3 is 0 Å². The van der Waals surface area contributed by atoms with Crippen LogP contribution in [0.3, 0.4) is 0 Å². The van der Waals surface area contributed by atoms with Crippen molar-refractivity contribution in [3.8, 4) is 5.75 Å². The Morgan fingerprint density at radius 3 is 2.71 bits per heavy atom. The molecule has 3 nitrogen and oxygen atoms in total. The quantitative estimate of drug-likeness (QED) is 0.874. The SMILES string of the molecule is CCOc1cncc(C2(N)CCC(C)(C)C2)c1. The molecule has 3 heteroatoms. The van der Waals surface area contributed by atoms with Crippen LogP contribution in [0.2, 0.25) is 0 Å². The highest BCUT2D eigenvalue weighted by molar-refractivity contribution is 5.30. The predicted octanol–water partition coefficient (Wildman–Crippen LogP) is 2.84. The molecular formula is C14H22N2O. The van der Waals surface area contributed by atoms with Gasteiger partial charge in [-0.05, 0) is 43.2 Å². The fourth-order valence-electron chi connectivity index (χ4n) is 2.78. The number of hydrogen-bond acceptors (Lipinski definition) is 3. The smallest absolute Gasteiger partial charge is 0.137 e. The summed E-state index contributed by atoms with van der Waals surface area (Å²) in [4.78, 5) is 4.24. The lowest BCUT2D eigenvalue weighted by molar-refractivity contribution is 0.328. The van der Waals surface area contributed by atoms with Gasteiger partial charge in [-0.3, -0.25) is 4.98 Å². The maximum absolute atomic E-state index is 6.53. The molecule has 0 radical (unpaired) electrons. The van der Waals surface area contributed by atoms with E-state index >= 15 is 0 Å². The number of pyridine rings is 1. The van der Waals surface area contributed by atoms with Crippen LogP contribution < -0.4 is 10.5 Å². The Kier molecular flexibility index (Phi) is 3.13. The summed E-state index contributed by atoms with van der Waals surface area (Å²) in [5.41, 5.74) is 7.73. The van der Waals surface area contributed by atoms with Crippen LogP contribution in [0, 0.1) is 5.41 Å². The molecule has 1 aromatic heterocycles. The molecule has 0 aromatic carbocycles. The first-order chi connectivity index (χ1) is 7.95. The van der Waals surface area contributed by atoms with Gasteiger partial charge in [-0.15, -0.1) is 0 Å². The van der Waals surface area contributed by atoms with Crippen LogP contribution >= 0.6 is 0 Å². The summed E-state index contributed by atoms with van der Waals surface area (Å²) < 4.78 is 5.48. The van der Waals surface area contributed by atoms with Gasteiger partial charge in [0.05, 0.1) is 12.8 Å². The van der Waals surface area contributed by atoms with Crippen LogP contribution in [0.4, 0.5) is 0 Å². The van der Waals surface area contributed by atoms with E-state index in [1.165, 1.54) is 6.42 Å². The molecule has 17 heavy (non-hydrogen) atoms. The minimum atomic E-state index is -0.233. The van der Waals surface area contributed by atoms with E-state index in [0.29, 0.717) is 12.0 Å². The molecule has 94 valence electrons. The van der Waals surface area contributed by atoms with Gasteiger partial charge in [0.25, 0.3) is 0 Å². The first-order valence-electron chi connectivity index (χ1n) is 6.32. The summed E-state index contributed by atoms with van der Waals surface area (Å²) >= 11 is 0. The number of hydrogen-bond donors (Lipinski definition) is 1. The molecule has 0 amide bonds. The van der Waals surface area contributed by atoms with Crippen LogP contribution in [-0.2, 0) is 5.54 Å². The standard InChI is InChI=1S/C14H22N2O/c1-4-17-12-7-11(8-16-9-12)14(15)6-5-13(2,3)10-14/h7-9H,4-6,10,15H2,1-3H3. The van der Waals surface area contributed by atoms with E-state index in [9.17, 15) is 0 Å². The van der Waals surface area contributed by atoms with Gasteiger partial charge < -0.3 is 10.5 Å². The molecule has 0 bridgehead atoms. The van der Waals surface area contributed by atoms with Crippen LogP contribution in [0.15, 0.2) is 18.5 Å². The van der Waals surface area contributed by atoms with Crippen molar-refractivity contribution in [1.82, 2.24) is 4.98 Å². The summed E-state index contributed by atoms with van der Waals surface area (Å²) in [6, 6.07) is 2.04. The topological polar surface area (TPSA) is 48.1 Å². The average molecular weight is 234 g/mol. The molecule has 2 N–H and O–H groups in total. The molecule has 0 spiro atoms. The Bertz CT molecular complexity index is 403. The summed E-state index contributed by atoms with van der Waals surface area (Å²) in [5, 5.41) is 0. The molecule has 1 atom stereocenters. The van der Waals surface area contributed by atoms with Crippen molar-refractivity contribution in [3.63, 3.8) is 0 Å². The molecule has 1 unspecified atom stereocenters. The molecule has 1 aliphatic rings. The molecule has 0 saturated heterocycles. The van der Waals surface area contributed by atoms with Crippen molar-refractivity contribution in [2.45, 2.75) is 45.6 Å². The van der Waals surface area contributed by atoms with E-state index in [1.807, 2.05) is 19.2 Å². The normalized spacial score (nSPS) is 27.1. The van der Waals surface area contributed by atoms with E-state index < -0.39 is 0 Å². The van der Waals surface area contributed by atoms with Gasteiger partial charge in [0.1, 0.15) is 5.75 Å². The number of rotatable bonds is 3. The third-order valence-corrected chi connectivity index (χ3v) is 3.64. The minimum absolute atomic E-state index is 0.233. The van der Waals surface area contributed by atoms with Crippen LogP contribution in [0.5, 0.6) is 5.75 Å². The second-order valence-corrected chi connectivity index (χ2v) is 5.84. The third kappa shape index (κ3) is 2.60. The fraction of sp³-hybridized carbons (Fsp3) is 0.643. The first kappa shape index (κ1) is 12.4. The van der Waals surface area contributed by atoms with E-state index in [0.717, 1.165) is 24.2 Å². The highest BCUT2D eigenvalue weighted by atomic mass is 16.5. The number of nitrogens with zero attached hydrogens (tertiary/aromatic N) is 1. The molecule has 1 fully saturated rings. The average Bonchev–Trinajstić information content (AvgIpc) is 2.55. The summed E-state index contributed by atoms with van der Waals surface area (Å²) in [6.07, 6.45) is 6.83. The predicted molar refractivity (Wildman–Crippen MR) is 68.9 cm³/mol. The number of nitrogens with two attached hydrogens (primary N) is 1. The fourth-order valence-corrected chi connectivity index (χ4v) is 2.78. The van der Waals surface area contributed by atoms with E-state index in [4.69, 9.17) is 10.5 Å². The van der Waals surface area contributed by atoms with E-state index in [2.05, 4.69) is 18.8 Å². The zero-order valence-corrected chi connectivity index (χ0v) is 11.0. The van der Waals surface area contributed by atoms with E-state index in [1.54, 1.807) is 6.20 Å². The zero-order valence-electron chi connectivity index (χ0n) is 11.0. The number of aromatic nitrogens is 1. The molecule has 1 heterocycles. The van der Waals surface area contributed by atoms with Crippen molar-refractivity contribution in [3.05, 3.63) is 24.0 Å². The molecule has 2 rings (SSSR count). The van der Waals surface area contributed by atoms with Crippen LogP contribution in [0.25, 0.3) is 0 Å². The molecule has 0 aliphatic heterocycles. The minimum Gasteiger partial charge on any atom is -0.492 e. The van der Waals surface area contributed by atoms with Crippen molar-refractivity contribution in [2.24, 2.45) is 11.1 Å². The van der Waals surface area contributed by atoms with Crippen LogP contribution in [0.1, 0.15) is 45.6 Å². The summed E-state index contributed by atoms with van der Waals surface area (Å²) in [7, 11) is 0. The van der Waals surface area contributed by atoms with Gasteiger partial charge in [0.15, 0.2) is 0 Å². The second kappa shape index (κ2) is 4.30. The van der Waals surface area contributed by atoms with Crippen LogP contribution in [-0.4, -0.2) is 11.6 Å². The van der Waals surface area contributed by atoms with Crippen molar-refractivity contribution in [1.29, 1.82) is 0 Å². The maximum atomic E-state index is 6.53. The Hall–Kier alpha value is -1.09. The highest BCUT2D eigenvalue weighted by Crippen LogP contribution is 2.47. The second-order valence-electron chi connectivity index (χ2n) is 5.84. The summed E-state index contributed by atoms with van der Waals surface area (Å²) in [6.45, 7) is 7.20. The Balaban J connectivity index is 2.25. The lowest BCUT2D eigenvalue weighted by Crippen LogP contribution is -2.34. The Labute approximate surface area is 103 Å². The third-order valence-electron chi connectivity index (χ3n) is 3.64. The largest absolute Gasteiger partial charge is 0.492 e. The Morgan fingerprint density at radius 1 is 1.35 bits per heavy atom. The van der Waals surface area contributed by atoms with Gasteiger partial charge in [-0.25, -0.2) is 0 Å². The highest BCUT2D eigenvalue weighted by Gasteiger charge is 2.41. The first-order valence-corrected chi connectivity index (χ1v) is 6.32. The van der Waals surface area contributed by atoms with E-state index in [-0.39, 0.29) is 5.54 Å². The van der Waals surface area contributed by atoms with Crippen molar-refractivity contribution < 1.29 is 4.74 Å². The van der Waals surface area contributed by atoms with Gasteiger partial charge in [-0.2, -0.15) is 0 Å². The lowest BCUT2D eigenvalue weighted by Gasteiger charge is -2.27. The molecule has 1 aromatic rings. The maximum Gasteiger partial charge on any atom is 0.137 e. The van der Waals surface area contributed by atoms with Gasteiger partial charge in [-0.1, -0.05) is 13.8 Å². The van der Waals surface area contributed by atoms with Crippen molar-refractivity contribution in [2.75, 3.05) is 6.61 Å². The monoisotopic (exact) mass is 234 g/mol. The van der Waals surface area contributed by atoms with Gasteiger partial charge in [0, 0.05) is 11.7 Å². The van der Waals surface area contributed by atoms with Gasteiger partial charge in [0.2, 0.25) is 0 Å². The lowest BCUT2D eigenvalue weighted by atomic mass is 9.85. The Morgan fingerprint density at radius 2 is 2.12 bits per heavy atom. The zero-order chi connectivity index (χ0) is 12.5. The molecule has 1 saturated carbocycles. The summed E-state index contributed by atoms with van der Waals surface area (Å²) in [5.74, 6) is 0.819. The number of ether oxygens (including phenoxy) is 1. The van der Waals surface area contributed by atoms with Crippen molar-refractivity contribution >= 4 is 0 Å². The molecular weight excluding hydrogens is 212 g/mol. The molecule has 1 aliphatic carbocycles.